The van der Waals surface area contributed by atoms with Gasteiger partial charge in [-0.15, -0.1) is 23.1 Å². The van der Waals surface area contributed by atoms with E-state index in [0.29, 0.717) is 16.4 Å². The molecule has 2 aromatic heterocycles. The van der Waals surface area contributed by atoms with Crippen LogP contribution in [0.5, 0.6) is 0 Å². The van der Waals surface area contributed by atoms with Crippen molar-refractivity contribution in [1.82, 2.24) is 10.3 Å². The minimum atomic E-state index is -0.462. The van der Waals surface area contributed by atoms with Gasteiger partial charge in [0.1, 0.15) is 5.70 Å². The molecule has 3 N–H and O–H groups in total. The van der Waals surface area contributed by atoms with E-state index >= 15 is 0 Å². The van der Waals surface area contributed by atoms with E-state index < -0.39 is 5.91 Å². The Balaban J connectivity index is 1.07. The number of benzene rings is 4. The zero-order valence-corrected chi connectivity index (χ0v) is 26.2. The van der Waals surface area contributed by atoms with Crippen LogP contribution in [-0.4, -0.2) is 28.5 Å². The fourth-order valence-corrected chi connectivity index (χ4v) is 6.55. The Bertz CT molecular complexity index is 2000. The largest absolute Gasteiger partial charge is 0.321 e. The van der Waals surface area contributed by atoms with Crippen molar-refractivity contribution >= 4 is 79.8 Å². The molecule has 2 heterocycles. The van der Waals surface area contributed by atoms with Crippen LogP contribution in [0.1, 0.15) is 15.9 Å². The van der Waals surface area contributed by atoms with E-state index in [-0.39, 0.29) is 23.3 Å². The molecular weight excluding hydrogens is 621 g/mol. The molecule has 3 amide bonds. The number of thiazole rings is 1. The van der Waals surface area contributed by atoms with Crippen LogP contribution in [0.25, 0.3) is 28.1 Å². The van der Waals surface area contributed by atoms with E-state index in [4.69, 9.17) is 0 Å². The van der Waals surface area contributed by atoms with Gasteiger partial charge in [-0.05, 0) is 75.6 Å². The summed E-state index contributed by atoms with van der Waals surface area (Å²) in [6.07, 6.45) is 1.64. The summed E-state index contributed by atoms with van der Waals surface area (Å²) in [6.45, 7) is 0. The maximum atomic E-state index is 13.3. The van der Waals surface area contributed by atoms with E-state index in [9.17, 15) is 14.4 Å². The number of carbonyl (C=O) groups is 3. The summed E-state index contributed by atoms with van der Waals surface area (Å²) in [7, 11) is 0. The van der Waals surface area contributed by atoms with Crippen LogP contribution >= 0.6 is 34.4 Å². The lowest BCUT2D eigenvalue weighted by atomic mass is 10.1. The molecule has 0 aliphatic carbocycles. The minimum Gasteiger partial charge on any atom is -0.321 e. The van der Waals surface area contributed by atoms with Crippen LogP contribution in [0.2, 0.25) is 0 Å². The zero-order valence-electron chi connectivity index (χ0n) is 23.7. The SMILES string of the molecule is O=C(CSc1cccc(NC(=O)/C(=C/c2ccsc2)NC(=O)c2ccccc2)c1)Nc1nc(-c2ccc3ccccc3c2)cs1. The van der Waals surface area contributed by atoms with Crippen LogP contribution in [0.4, 0.5) is 10.8 Å². The van der Waals surface area contributed by atoms with Crippen LogP contribution in [0.3, 0.4) is 0 Å². The number of fused-ring (bicyclic) bond motifs is 1. The van der Waals surface area contributed by atoms with Gasteiger partial charge in [0.2, 0.25) is 5.91 Å². The lowest BCUT2D eigenvalue weighted by molar-refractivity contribution is -0.114. The number of rotatable bonds is 10. The van der Waals surface area contributed by atoms with Crippen LogP contribution in [0, 0.1) is 0 Å². The highest BCUT2D eigenvalue weighted by Gasteiger charge is 2.16. The van der Waals surface area contributed by atoms with E-state index in [1.165, 1.54) is 34.4 Å². The topological polar surface area (TPSA) is 100 Å². The normalized spacial score (nSPS) is 11.2. The number of amides is 3. The summed E-state index contributed by atoms with van der Waals surface area (Å²) in [6, 6.07) is 32.2. The summed E-state index contributed by atoms with van der Waals surface area (Å²) in [5.41, 5.74) is 3.71. The fraction of sp³-hybridized carbons (Fsp3) is 0.0286. The fourth-order valence-electron chi connectivity index (χ4n) is 4.44. The number of aromatic nitrogens is 1. The van der Waals surface area contributed by atoms with Crippen LogP contribution in [0.15, 0.2) is 130 Å². The Labute approximate surface area is 272 Å². The van der Waals surface area contributed by atoms with Crippen molar-refractivity contribution < 1.29 is 14.4 Å². The van der Waals surface area contributed by atoms with Crippen molar-refractivity contribution in [1.29, 1.82) is 0 Å². The first-order chi connectivity index (χ1) is 22.0. The van der Waals surface area contributed by atoms with Crippen LogP contribution < -0.4 is 16.0 Å². The van der Waals surface area contributed by atoms with Crippen LogP contribution in [-0.2, 0) is 9.59 Å². The molecule has 0 fully saturated rings. The number of carbonyl (C=O) groups excluding carboxylic acids is 3. The lowest BCUT2D eigenvalue weighted by Gasteiger charge is -2.12. The Morgan fingerprint density at radius 1 is 0.800 bits per heavy atom. The highest BCUT2D eigenvalue weighted by atomic mass is 32.2. The molecule has 0 saturated carbocycles. The van der Waals surface area contributed by atoms with Crippen molar-refractivity contribution in [3.05, 3.63) is 136 Å². The molecule has 7 nitrogen and oxygen atoms in total. The summed E-state index contributed by atoms with van der Waals surface area (Å²) >= 11 is 4.22. The predicted octanol–water partition coefficient (Wildman–Crippen LogP) is 8.17. The quantitative estimate of drug-likeness (QED) is 0.103. The standard InChI is InChI=1S/C35H26N4O3S3/c40-32(39-35-38-31(21-45-35)27-14-13-24-7-4-5-10-26(24)18-27)22-44-29-12-6-11-28(19-29)36-34(42)30(17-23-15-16-43-20-23)37-33(41)25-8-2-1-3-9-25/h1-21H,22H2,(H,36,42)(H,37,41)(H,38,39,40)/b30-17-. The number of thiophene rings is 1. The Morgan fingerprint density at radius 2 is 1.62 bits per heavy atom. The van der Waals surface area contributed by atoms with Gasteiger partial charge < -0.3 is 16.0 Å². The third kappa shape index (κ3) is 7.93. The van der Waals surface area contributed by atoms with Gasteiger partial charge in [-0.2, -0.15) is 11.3 Å². The van der Waals surface area contributed by atoms with Gasteiger partial charge in [-0.1, -0.05) is 60.7 Å². The smallest absolute Gasteiger partial charge is 0.272 e. The zero-order chi connectivity index (χ0) is 31.0. The highest BCUT2D eigenvalue weighted by Crippen LogP contribution is 2.28. The van der Waals surface area contributed by atoms with Crippen molar-refractivity contribution in [2.75, 3.05) is 16.4 Å². The number of nitrogens with one attached hydrogen (secondary N) is 3. The summed E-state index contributed by atoms with van der Waals surface area (Å²) in [5.74, 6) is -0.861. The Hall–Kier alpha value is -5.03. The van der Waals surface area contributed by atoms with Gasteiger partial charge in [0.05, 0.1) is 11.4 Å². The Kier molecular flexibility index (Phi) is 9.45. The van der Waals surface area contributed by atoms with E-state index in [0.717, 1.165) is 32.5 Å². The molecule has 0 aliphatic rings. The average Bonchev–Trinajstić information content (AvgIpc) is 3.76. The number of anilines is 2. The first kappa shape index (κ1) is 30.0. The van der Waals surface area contributed by atoms with Gasteiger partial charge in [-0.25, -0.2) is 4.98 Å². The molecule has 4 aromatic carbocycles. The third-order valence-electron chi connectivity index (χ3n) is 6.64. The first-order valence-electron chi connectivity index (χ1n) is 13.9. The van der Waals surface area contributed by atoms with Crippen molar-refractivity contribution in [2.45, 2.75) is 4.90 Å². The van der Waals surface area contributed by atoms with Gasteiger partial charge in [0, 0.05) is 27.1 Å². The summed E-state index contributed by atoms with van der Waals surface area (Å²) in [5, 5.41) is 17.0. The first-order valence-corrected chi connectivity index (χ1v) is 16.7. The third-order valence-corrected chi connectivity index (χ3v) is 9.09. The summed E-state index contributed by atoms with van der Waals surface area (Å²) < 4.78 is 0. The van der Waals surface area contributed by atoms with Gasteiger partial charge in [0.25, 0.3) is 11.8 Å². The Morgan fingerprint density at radius 3 is 2.44 bits per heavy atom. The highest BCUT2D eigenvalue weighted by molar-refractivity contribution is 8.00. The second-order valence-corrected chi connectivity index (χ2v) is 12.5. The van der Waals surface area contributed by atoms with Crippen molar-refractivity contribution in [2.24, 2.45) is 0 Å². The second-order valence-electron chi connectivity index (χ2n) is 9.85. The maximum Gasteiger partial charge on any atom is 0.272 e. The molecule has 0 atom stereocenters. The molecule has 6 rings (SSSR count). The molecule has 0 bridgehead atoms. The molecule has 0 saturated heterocycles. The number of nitrogens with zero attached hydrogens (tertiary/aromatic N) is 1. The molecule has 222 valence electrons. The molecule has 0 spiro atoms. The lowest BCUT2D eigenvalue weighted by Crippen LogP contribution is -2.30. The van der Waals surface area contributed by atoms with Gasteiger partial charge in [0.15, 0.2) is 5.13 Å². The number of hydrogen-bond acceptors (Lipinski definition) is 7. The maximum absolute atomic E-state index is 13.3. The molecule has 45 heavy (non-hydrogen) atoms. The van der Waals surface area contributed by atoms with Gasteiger partial charge >= 0.3 is 0 Å². The molecule has 0 aliphatic heterocycles. The number of hydrogen-bond donors (Lipinski definition) is 3. The minimum absolute atomic E-state index is 0.117. The average molecular weight is 647 g/mol. The van der Waals surface area contributed by atoms with Gasteiger partial charge in [-0.3, -0.25) is 14.4 Å². The second kappa shape index (κ2) is 14.2. The van der Waals surface area contributed by atoms with Crippen molar-refractivity contribution in [3.8, 4) is 11.3 Å². The summed E-state index contributed by atoms with van der Waals surface area (Å²) in [4.78, 5) is 44.3. The van der Waals surface area contributed by atoms with E-state index in [1.54, 1.807) is 48.5 Å². The van der Waals surface area contributed by atoms with E-state index in [1.807, 2.05) is 52.5 Å². The molecular formula is C35H26N4O3S3. The van der Waals surface area contributed by atoms with E-state index in [2.05, 4.69) is 45.2 Å². The molecule has 10 heteroatoms. The molecule has 0 radical (unpaired) electrons. The number of thioether (sulfide) groups is 1. The molecule has 6 aromatic rings. The molecule has 0 unspecified atom stereocenters. The predicted molar refractivity (Wildman–Crippen MR) is 186 cm³/mol. The monoisotopic (exact) mass is 646 g/mol. The van der Waals surface area contributed by atoms with Crippen molar-refractivity contribution in [3.63, 3.8) is 0 Å².